The van der Waals surface area contributed by atoms with Gasteiger partial charge in [0, 0.05) is 5.56 Å². The molecule has 0 spiro atoms. The first kappa shape index (κ1) is 24.8. The van der Waals surface area contributed by atoms with E-state index in [0.29, 0.717) is 33.1 Å². The summed E-state index contributed by atoms with van der Waals surface area (Å²) in [6.45, 7) is 1.12. The minimum absolute atomic E-state index is 0.0234. The van der Waals surface area contributed by atoms with E-state index < -0.39 is 21.8 Å². The molecule has 3 N–H and O–H groups in total. The van der Waals surface area contributed by atoms with Gasteiger partial charge in [-0.15, -0.1) is 0 Å². The highest BCUT2D eigenvalue weighted by atomic mass is 32.2. The van der Waals surface area contributed by atoms with Crippen LogP contribution in [0.4, 0.5) is 5.13 Å². The number of hydrogen-bond acceptors (Lipinski definition) is 8. The van der Waals surface area contributed by atoms with Gasteiger partial charge in [-0.25, -0.2) is 13.4 Å². The fourth-order valence-corrected chi connectivity index (χ4v) is 5.30. The Hall–Kier alpha value is -3.31. The van der Waals surface area contributed by atoms with Gasteiger partial charge >= 0.3 is 0 Å². The van der Waals surface area contributed by atoms with E-state index in [1.54, 1.807) is 55.5 Å². The van der Waals surface area contributed by atoms with E-state index >= 15 is 0 Å². The highest BCUT2D eigenvalue weighted by Gasteiger charge is 2.25. The molecule has 4 rings (SSSR count). The van der Waals surface area contributed by atoms with Crippen LogP contribution in [-0.2, 0) is 27.8 Å². The lowest BCUT2D eigenvalue weighted by atomic mass is 10.1. The standard InChI is InChI=1S/C25H24N2O6S2/c1-2-35(31,32)20-10-8-16(9-11-20)23(33-19-6-4-3-5-7-19)24(30)27-25-26-21-12-17(14-28)18(15-29)13-22(21)34-25/h3-13,23,28-29H,2,14-15H2,1H3,(H,26,27,30). The third kappa shape index (κ3) is 5.51. The molecule has 0 saturated carbocycles. The lowest BCUT2D eigenvalue weighted by molar-refractivity contribution is -0.123. The topological polar surface area (TPSA) is 126 Å². The number of sulfone groups is 1. The zero-order valence-electron chi connectivity index (χ0n) is 18.8. The molecule has 0 aliphatic carbocycles. The number of nitrogens with zero attached hydrogens (tertiary/aromatic N) is 1. The van der Waals surface area contributed by atoms with Gasteiger partial charge in [-0.05, 0) is 47.5 Å². The first-order valence-electron chi connectivity index (χ1n) is 10.8. The summed E-state index contributed by atoms with van der Waals surface area (Å²) in [6.07, 6.45) is -1.07. The van der Waals surface area contributed by atoms with E-state index in [0.717, 1.165) is 4.70 Å². The van der Waals surface area contributed by atoms with Crippen molar-refractivity contribution >= 4 is 42.4 Å². The van der Waals surface area contributed by atoms with E-state index in [1.165, 1.54) is 23.5 Å². The van der Waals surface area contributed by atoms with Crippen molar-refractivity contribution in [1.29, 1.82) is 0 Å². The molecule has 0 radical (unpaired) electrons. The number of anilines is 1. The van der Waals surface area contributed by atoms with E-state index in [4.69, 9.17) is 4.74 Å². The van der Waals surface area contributed by atoms with Gasteiger partial charge in [0.25, 0.3) is 5.91 Å². The molecule has 4 aromatic rings. The van der Waals surface area contributed by atoms with Crippen molar-refractivity contribution in [2.45, 2.75) is 31.1 Å². The molecule has 0 aliphatic heterocycles. The van der Waals surface area contributed by atoms with Gasteiger partial charge in [0.1, 0.15) is 5.75 Å². The average molecular weight is 513 g/mol. The molecule has 1 aromatic heterocycles. The number of carbonyl (C=O) groups is 1. The molecule has 0 fully saturated rings. The number of para-hydroxylation sites is 1. The molecule has 1 amide bonds. The number of amides is 1. The van der Waals surface area contributed by atoms with Crippen molar-refractivity contribution in [2.75, 3.05) is 11.1 Å². The van der Waals surface area contributed by atoms with Crippen LogP contribution in [0.1, 0.15) is 29.7 Å². The van der Waals surface area contributed by atoms with Crippen molar-refractivity contribution in [2.24, 2.45) is 0 Å². The Balaban J connectivity index is 1.65. The molecule has 1 unspecified atom stereocenters. The van der Waals surface area contributed by atoms with E-state index in [-0.39, 0.29) is 23.9 Å². The summed E-state index contributed by atoms with van der Waals surface area (Å²) in [5.74, 6) is -0.0316. The van der Waals surface area contributed by atoms with Crippen molar-refractivity contribution < 1.29 is 28.2 Å². The van der Waals surface area contributed by atoms with Crippen molar-refractivity contribution in [3.05, 3.63) is 83.4 Å². The van der Waals surface area contributed by atoms with Crippen LogP contribution in [0.5, 0.6) is 5.75 Å². The lowest BCUT2D eigenvalue weighted by Crippen LogP contribution is -2.25. The summed E-state index contributed by atoms with van der Waals surface area (Å²) in [6, 6.07) is 18.3. The Morgan fingerprint density at radius 1 is 1.03 bits per heavy atom. The summed E-state index contributed by atoms with van der Waals surface area (Å²) in [5, 5.41) is 22.2. The van der Waals surface area contributed by atoms with E-state index in [1.807, 2.05) is 6.07 Å². The summed E-state index contributed by atoms with van der Waals surface area (Å²) in [5.41, 5.74) is 2.22. The predicted octanol–water partition coefficient (Wildman–Crippen LogP) is 3.83. The molecule has 10 heteroatoms. The van der Waals surface area contributed by atoms with Crippen LogP contribution in [0, 0.1) is 0 Å². The second-order valence-corrected chi connectivity index (χ2v) is 11.0. The number of aromatic nitrogens is 1. The van der Waals surface area contributed by atoms with Crippen LogP contribution in [0.3, 0.4) is 0 Å². The molecule has 182 valence electrons. The van der Waals surface area contributed by atoms with Crippen LogP contribution >= 0.6 is 11.3 Å². The number of fused-ring (bicyclic) bond motifs is 1. The largest absolute Gasteiger partial charge is 0.476 e. The Kier molecular flexibility index (Phi) is 7.46. The predicted molar refractivity (Wildman–Crippen MR) is 134 cm³/mol. The van der Waals surface area contributed by atoms with Gasteiger partial charge < -0.3 is 14.9 Å². The normalized spacial score (nSPS) is 12.4. The number of benzene rings is 3. The first-order chi connectivity index (χ1) is 16.8. The molecule has 8 nitrogen and oxygen atoms in total. The Bertz CT molecular complexity index is 1390. The van der Waals surface area contributed by atoms with Crippen LogP contribution in [0.15, 0.2) is 71.6 Å². The highest BCUT2D eigenvalue weighted by Crippen LogP contribution is 2.31. The smallest absolute Gasteiger partial charge is 0.271 e. The molecule has 35 heavy (non-hydrogen) atoms. The van der Waals surface area contributed by atoms with Crippen molar-refractivity contribution in [1.82, 2.24) is 4.98 Å². The average Bonchev–Trinajstić information content (AvgIpc) is 3.27. The summed E-state index contributed by atoms with van der Waals surface area (Å²) >= 11 is 1.23. The second-order valence-electron chi connectivity index (χ2n) is 7.70. The highest BCUT2D eigenvalue weighted by molar-refractivity contribution is 7.91. The van der Waals surface area contributed by atoms with Crippen LogP contribution in [-0.4, -0.2) is 35.3 Å². The second kappa shape index (κ2) is 10.5. The number of aliphatic hydroxyl groups excluding tert-OH is 2. The lowest BCUT2D eigenvalue weighted by Gasteiger charge is -2.19. The maximum atomic E-state index is 13.3. The number of carbonyl (C=O) groups excluding carboxylic acids is 1. The summed E-state index contributed by atoms with van der Waals surface area (Å²) in [7, 11) is -3.38. The van der Waals surface area contributed by atoms with Crippen LogP contribution < -0.4 is 10.1 Å². The third-order valence-corrected chi connectivity index (χ3v) is 8.12. The summed E-state index contributed by atoms with van der Waals surface area (Å²) in [4.78, 5) is 17.9. The number of ether oxygens (including phenoxy) is 1. The fourth-order valence-electron chi connectivity index (χ4n) is 3.50. The van der Waals surface area contributed by atoms with E-state index in [2.05, 4.69) is 10.3 Å². The van der Waals surface area contributed by atoms with Gasteiger partial charge in [-0.1, -0.05) is 48.6 Å². The summed E-state index contributed by atoms with van der Waals surface area (Å²) < 4.78 is 31.1. The fraction of sp³-hybridized carbons (Fsp3) is 0.200. The molecule has 1 heterocycles. The van der Waals surface area contributed by atoms with Gasteiger partial charge in [0.05, 0.1) is 34.1 Å². The number of rotatable bonds is 9. The number of hydrogen-bond donors (Lipinski definition) is 3. The van der Waals surface area contributed by atoms with Gasteiger partial charge in [0.2, 0.25) is 6.10 Å². The van der Waals surface area contributed by atoms with Crippen molar-refractivity contribution in [3.63, 3.8) is 0 Å². The Labute approximate surface area is 206 Å². The molecular weight excluding hydrogens is 488 g/mol. The minimum Gasteiger partial charge on any atom is -0.476 e. The number of thiazole rings is 1. The first-order valence-corrected chi connectivity index (χ1v) is 13.3. The Morgan fingerprint density at radius 2 is 1.69 bits per heavy atom. The van der Waals surface area contributed by atoms with Gasteiger partial charge in [-0.3, -0.25) is 10.1 Å². The Morgan fingerprint density at radius 3 is 2.31 bits per heavy atom. The minimum atomic E-state index is -3.38. The van der Waals surface area contributed by atoms with E-state index in [9.17, 15) is 23.4 Å². The number of nitrogens with one attached hydrogen (secondary N) is 1. The third-order valence-electron chi connectivity index (χ3n) is 5.44. The van der Waals surface area contributed by atoms with Gasteiger partial charge in [0.15, 0.2) is 15.0 Å². The zero-order chi connectivity index (χ0) is 25.0. The van der Waals surface area contributed by atoms with Crippen LogP contribution in [0.2, 0.25) is 0 Å². The monoisotopic (exact) mass is 512 g/mol. The SMILES string of the molecule is CCS(=O)(=O)c1ccc(C(Oc2ccccc2)C(=O)Nc2nc3cc(CO)c(CO)cc3s2)cc1. The zero-order valence-corrected chi connectivity index (χ0v) is 20.5. The molecule has 0 saturated heterocycles. The number of aliphatic hydroxyl groups is 2. The molecular formula is C25H24N2O6S2. The molecule has 0 bridgehead atoms. The van der Waals surface area contributed by atoms with Crippen LogP contribution in [0.25, 0.3) is 10.2 Å². The van der Waals surface area contributed by atoms with Crippen molar-refractivity contribution in [3.8, 4) is 5.75 Å². The molecule has 3 aromatic carbocycles. The molecule has 0 aliphatic rings. The quantitative estimate of drug-likeness (QED) is 0.311. The maximum Gasteiger partial charge on any atom is 0.271 e. The maximum absolute atomic E-state index is 13.3. The molecule has 1 atom stereocenters. The van der Waals surface area contributed by atoms with Gasteiger partial charge in [-0.2, -0.15) is 0 Å².